The van der Waals surface area contributed by atoms with E-state index in [2.05, 4.69) is 28.5 Å². The van der Waals surface area contributed by atoms with Crippen molar-refractivity contribution in [3.8, 4) is 0 Å². The number of ether oxygens (including phenoxy) is 1. The van der Waals surface area contributed by atoms with Crippen molar-refractivity contribution < 1.29 is 9.53 Å². The van der Waals surface area contributed by atoms with Crippen LogP contribution in [0.1, 0.15) is 33.1 Å². The highest BCUT2D eigenvalue weighted by Gasteiger charge is 2.32. The molecule has 6 nitrogen and oxygen atoms in total. The molecule has 0 spiro atoms. The topological polar surface area (TPSA) is 63.9 Å². The van der Waals surface area contributed by atoms with Gasteiger partial charge in [-0.15, -0.1) is 0 Å². The number of methoxy groups -OCH3 is 1. The highest BCUT2D eigenvalue weighted by Crippen LogP contribution is 2.33. The molecule has 0 amide bonds. The average Bonchev–Trinajstić information content (AvgIpc) is 2.85. The van der Waals surface area contributed by atoms with E-state index in [4.69, 9.17) is 0 Å². The Kier molecular flexibility index (Phi) is 4.68. The number of rotatable bonds is 2. The van der Waals surface area contributed by atoms with Gasteiger partial charge in [-0.3, -0.25) is 14.3 Å². The Morgan fingerprint density at radius 1 is 1.39 bits per heavy atom. The lowest BCUT2D eigenvalue weighted by molar-refractivity contribution is -0.133. The van der Waals surface area contributed by atoms with E-state index in [0.29, 0.717) is 40.5 Å². The summed E-state index contributed by atoms with van der Waals surface area (Å²) >= 11 is 1.26. The normalized spacial score (nSPS) is 29.0. The van der Waals surface area contributed by atoms with Crippen LogP contribution in [-0.4, -0.2) is 35.3 Å². The SMILES string of the molecule is COC(=O)/C=c1\sc2n(c1=O)CN([C@@H]1CCC[C@@H](C)[C@@H]1C)CN=2. The zero-order valence-corrected chi connectivity index (χ0v) is 14.6. The van der Waals surface area contributed by atoms with Crippen molar-refractivity contribution in [2.45, 2.75) is 45.8 Å². The number of fused-ring (bicyclic) bond motifs is 1. The molecule has 1 aromatic heterocycles. The first-order chi connectivity index (χ1) is 11.0. The third kappa shape index (κ3) is 3.12. The van der Waals surface area contributed by atoms with E-state index >= 15 is 0 Å². The van der Waals surface area contributed by atoms with Crippen LogP contribution in [0.25, 0.3) is 6.08 Å². The molecule has 1 aliphatic carbocycles. The zero-order chi connectivity index (χ0) is 16.6. The second kappa shape index (κ2) is 6.57. The number of aromatic nitrogens is 1. The number of thiazole rings is 1. The van der Waals surface area contributed by atoms with Crippen molar-refractivity contribution >= 4 is 23.4 Å². The van der Waals surface area contributed by atoms with Crippen LogP contribution in [0.5, 0.6) is 0 Å². The lowest BCUT2D eigenvalue weighted by atomic mass is 9.77. The molecule has 1 fully saturated rings. The van der Waals surface area contributed by atoms with Gasteiger partial charge in [0.05, 0.1) is 20.4 Å². The van der Waals surface area contributed by atoms with E-state index in [9.17, 15) is 9.59 Å². The Morgan fingerprint density at radius 2 is 2.17 bits per heavy atom. The van der Waals surface area contributed by atoms with Crippen molar-refractivity contribution in [3.63, 3.8) is 0 Å². The largest absolute Gasteiger partial charge is 0.466 e. The molecule has 0 aromatic carbocycles. The molecule has 1 saturated carbocycles. The predicted octanol–water partition coefficient (Wildman–Crippen LogP) is 0.538. The highest BCUT2D eigenvalue weighted by molar-refractivity contribution is 7.07. The van der Waals surface area contributed by atoms with Crippen LogP contribution in [0.3, 0.4) is 0 Å². The fourth-order valence-corrected chi connectivity index (χ4v) is 4.50. The molecule has 1 aliphatic heterocycles. The molecule has 2 heterocycles. The Hall–Kier alpha value is -1.47. The molecule has 0 N–H and O–H groups in total. The fraction of sp³-hybridized carbons (Fsp3) is 0.688. The maximum atomic E-state index is 12.5. The quantitative estimate of drug-likeness (QED) is 0.739. The van der Waals surface area contributed by atoms with Gasteiger partial charge in [0.25, 0.3) is 5.56 Å². The van der Waals surface area contributed by atoms with Gasteiger partial charge in [0.1, 0.15) is 4.53 Å². The van der Waals surface area contributed by atoms with Crippen molar-refractivity contribution in [1.82, 2.24) is 9.47 Å². The van der Waals surface area contributed by atoms with Crippen LogP contribution < -0.4 is 14.9 Å². The standard InChI is InChI=1S/C16H23N3O3S/c1-10-5-4-6-12(11(10)2)18-8-17-16-19(9-18)15(21)13(23-16)7-14(20)22-3/h7,10-12H,4-6,8-9H2,1-3H3/b13-7-/t10-,11+,12-/m1/s1. The Labute approximate surface area is 139 Å². The number of carbonyl (C=O) groups excluding carboxylic acids is 1. The van der Waals surface area contributed by atoms with Crippen molar-refractivity contribution in [2.75, 3.05) is 13.8 Å². The summed E-state index contributed by atoms with van der Waals surface area (Å²) in [5.74, 6) is 0.807. The number of hydrogen-bond acceptors (Lipinski definition) is 6. The summed E-state index contributed by atoms with van der Waals surface area (Å²) in [5.41, 5.74) is -0.152. The molecule has 3 rings (SSSR count). The smallest absolute Gasteiger partial charge is 0.332 e. The number of esters is 1. The molecule has 23 heavy (non-hydrogen) atoms. The molecule has 0 radical (unpaired) electrons. The molecule has 126 valence electrons. The number of carbonyl (C=O) groups is 1. The molecule has 0 bridgehead atoms. The lowest BCUT2D eigenvalue weighted by Crippen LogP contribution is -2.50. The molecule has 0 saturated heterocycles. The third-order valence-corrected chi connectivity index (χ3v) is 6.23. The Morgan fingerprint density at radius 3 is 2.91 bits per heavy atom. The minimum absolute atomic E-state index is 0.152. The summed E-state index contributed by atoms with van der Waals surface area (Å²) in [4.78, 5) is 31.4. The molecule has 2 aliphatic rings. The zero-order valence-electron chi connectivity index (χ0n) is 13.8. The average molecular weight is 337 g/mol. The predicted molar refractivity (Wildman–Crippen MR) is 88.5 cm³/mol. The summed E-state index contributed by atoms with van der Waals surface area (Å²) in [6.07, 6.45) is 4.93. The molecule has 7 heteroatoms. The second-order valence-electron chi connectivity index (χ2n) is 6.51. The highest BCUT2D eigenvalue weighted by atomic mass is 32.1. The van der Waals surface area contributed by atoms with Gasteiger partial charge in [-0.25, -0.2) is 9.79 Å². The molecule has 3 atom stereocenters. The van der Waals surface area contributed by atoms with Crippen LogP contribution in [0.4, 0.5) is 0 Å². The van der Waals surface area contributed by atoms with Crippen LogP contribution in [-0.2, 0) is 16.2 Å². The number of nitrogens with zero attached hydrogens (tertiary/aromatic N) is 3. The van der Waals surface area contributed by atoms with E-state index in [-0.39, 0.29) is 5.56 Å². The Bertz CT molecular complexity index is 767. The van der Waals surface area contributed by atoms with Gasteiger partial charge in [-0.2, -0.15) is 0 Å². The van der Waals surface area contributed by atoms with Crippen molar-refractivity contribution in [1.29, 1.82) is 0 Å². The third-order valence-electron chi connectivity index (χ3n) is 5.18. The van der Waals surface area contributed by atoms with Gasteiger partial charge in [0.2, 0.25) is 0 Å². The van der Waals surface area contributed by atoms with Gasteiger partial charge in [0, 0.05) is 12.1 Å². The molecular formula is C16H23N3O3S. The summed E-state index contributed by atoms with van der Waals surface area (Å²) in [7, 11) is 1.31. The first-order valence-corrected chi connectivity index (χ1v) is 8.90. The van der Waals surface area contributed by atoms with E-state index < -0.39 is 5.97 Å². The maximum Gasteiger partial charge on any atom is 0.332 e. The van der Waals surface area contributed by atoms with E-state index in [1.165, 1.54) is 37.4 Å². The molecule has 1 aromatic rings. The van der Waals surface area contributed by atoms with Crippen LogP contribution in [0.2, 0.25) is 0 Å². The van der Waals surface area contributed by atoms with Crippen LogP contribution >= 0.6 is 11.3 Å². The summed E-state index contributed by atoms with van der Waals surface area (Å²) in [6.45, 7) is 5.80. The minimum Gasteiger partial charge on any atom is -0.466 e. The van der Waals surface area contributed by atoms with Gasteiger partial charge in [-0.05, 0) is 18.3 Å². The van der Waals surface area contributed by atoms with E-state index in [1.54, 1.807) is 4.57 Å². The second-order valence-corrected chi connectivity index (χ2v) is 7.52. The van der Waals surface area contributed by atoms with E-state index in [0.717, 1.165) is 6.42 Å². The maximum absolute atomic E-state index is 12.5. The van der Waals surface area contributed by atoms with Crippen LogP contribution in [0.15, 0.2) is 9.79 Å². The minimum atomic E-state index is -0.507. The first-order valence-electron chi connectivity index (χ1n) is 8.09. The lowest BCUT2D eigenvalue weighted by Gasteiger charge is -2.41. The first kappa shape index (κ1) is 16.4. The molecular weight excluding hydrogens is 314 g/mol. The van der Waals surface area contributed by atoms with Crippen molar-refractivity contribution in [2.24, 2.45) is 16.8 Å². The van der Waals surface area contributed by atoms with Gasteiger partial charge in [0.15, 0.2) is 4.80 Å². The summed E-state index contributed by atoms with van der Waals surface area (Å²) in [6, 6.07) is 0.468. The van der Waals surface area contributed by atoms with E-state index in [1.807, 2.05) is 0 Å². The van der Waals surface area contributed by atoms with Gasteiger partial charge in [-0.1, -0.05) is 38.0 Å². The van der Waals surface area contributed by atoms with Gasteiger partial charge < -0.3 is 4.74 Å². The summed E-state index contributed by atoms with van der Waals surface area (Å²) < 4.78 is 6.67. The van der Waals surface area contributed by atoms with Gasteiger partial charge >= 0.3 is 5.97 Å². The monoisotopic (exact) mass is 337 g/mol. The molecule has 0 unspecified atom stereocenters. The number of hydrogen-bond donors (Lipinski definition) is 0. The summed E-state index contributed by atoms with van der Waals surface area (Å²) in [5, 5.41) is 0. The Balaban J connectivity index is 1.88. The van der Waals surface area contributed by atoms with Crippen LogP contribution in [0, 0.1) is 11.8 Å². The fourth-order valence-electron chi connectivity index (χ4n) is 3.57. The van der Waals surface area contributed by atoms with Crippen molar-refractivity contribution in [3.05, 3.63) is 19.7 Å².